The third-order valence-electron chi connectivity index (χ3n) is 4.04. The van der Waals surface area contributed by atoms with E-state index < -0.39 is 6.23 Å². The normalized spacial score (nSPS) is 18.5. The van der Waals surface area contributed by atoms with Gasteiger partial charge in [0.25, 0.3) is 0 Å². The number of cyclic esters (lactones) is 1. The van der Waals surface area contributed by atoms with E-state index >= 15 is 0 Å². The monoisotopic (exact) mass is 315 g/mol. The Morgan fingerprint density at radius 2 is 2.04 bits per heavy atom. The SMILES string of the molecule is CC(C)=CCCC(C)C1OC(=O)CN1C(=O)Cc1ccccc1. The van der Waals surface area contributed by atoms with Gasteiger partial charge in [0, 0.05) is 5.92 Å². The number of carbonyl (C=O) groups excluding carboxylic acids is 2. The molecular formula is C19H25NO3. The lowest BCUT2D eigenvalue weighted by atomic mass is 10.0. The fourth-order valence-electron chi connectivity index (χ4n) is 2.77. The summed E-state index contributed by atoms with van der Waals surface area (Å²) in [5.74, 6) is -0.247. The van der Waals surface area contributed by atoms with Crippen LogP contribution < -0.4 is 0 Å². The summed E-state index contributed by atoms with van der Waals surface area (Å²) in [6.07, 6.45) is 3.85. The van der Waals surface area contributed by atoms with Gasteiger partial charge < -0.3 is 4.74 Å². The Kier molecular flexibility index (Phi) is 5.97. The van der Waals surface area contributed by atoms with Crippen molar-refractivity contribution in [3.8, 4) is 0 Å². The molecule has 2 atom stereocenters. The molecule has 0 aliphatic carbocycles. The third kappa shape index (κ3) is 4.95. The van der Waals surface area contributed by atoms with Crippen molar-refractivity contribution in [2.24, 2.45) is 5.92 Å². The predicted molar refractivity (Wildman–Crippen MR) is 89.6 cm³/mol. The second kappa shape index (κ2) is 7.95. The van der Waals surface area contributed by atoms with E-state index in [1.165, 1.54) is 5.57 Å². The van der Waals surface area contributed by atoms with E-state index in [0.717, 1.165) is 18.4 Å². The average molecular weight is 315 g/mol. The van der Waals surface area contributed by atoms with Gasteiger partial charge in [0.2, 0.25) is 5.91 Å². The summed E-state index contributed by atoms with van der Waals surface area (Å²) < 4.78 is 5.40. The van der Waals surface area contributed by atoms with E-state index in [1.54, 1.807) is 4.90 Å². The lowest BCUT2D eigenvalue weighted by molar-refractivity contribution is -0.146. The van der Waals surface area contributed by atoms with Crippen molar-refractivity contribution in [2.45, 2.75) is 46.3 Å². The van der Waals surface area contributed by atoms with E-state index in [2.05, 4.69) is 19.9 Å². The van der Waals surface area contributed by atoms with Crippen molar-refractivity contribution < 1.29 is 14.3 Å². The molecule has 2 rings (SSSR count). The summed E-state index contributed by atoms with van der Waals surface area (Å²) in [5.41, 5.74) is 2.23. The second-order valence-corrected chi connectivity index (χ2v) is 6.40. The van der Waals surface area contributed by atoms with Gasteiger partial charge in [-0.3, -0.25) is 14.5 Å². The molecule has 1 aliphatic rings. The van der Waals surface area contributed by atoms with Gasteiger partial charge in [-0.1, -0.05) is 48.9 Å². The predicted octanol–water partition coefficient (Wildman–Crippen LogP) is 3.32. The number of rotatable bonds is 6. The van der Waals surface area contributed by atoms with Gasteiger partial charge in [0.15, 0.2) is 6.23 Å². The molecule has 2 unspecified atom stereocenters. The van der Waals surface area contributed by atoms with Crippen LogP contribution in [0.3, 0.4) is 0 Å². The first-order chi connectivity index (χ1) is 11.0. The summed E-state index contributed by atoms with van der Waals surface area (Å²) in [6, 6.07) is 9.58. The smallest absolute Gasteiger partial charge is 0.327 e. The highest BCUT2D eigenvalue weighted by atomic mass is 16.6. The zero-order valence-electron chi connectivity index (χ0n) is 14.1. The molecule has 23 heavy (non-hydrogen) atoms. The van der Waals surface area contributed by atoms with Crippen LogP contribution in [0.2, 0.25) is 0 Å². The first-order valence-corrected chi connectivity index (χ1v) is 8.13. The lowest BCUT2D eigenvalue weighted by Crippen LogP contribution is -2.40. The maximum absolute atomic E-state index is 12.5. The quantitative estimate of drug-likeness (QED) is 0.597. The molecule has 1 heterocycles. The average Bonchev–Trinajstić information content (AvgIpc) is 2.90. The Balaban J connectivity index is 1.99. The number of allylic oxidation sites excluding steroid dienone is 2. The molecule has 0 aromatic heterocycles. The molecule has 1 aromatic carbocycles. The van der Waals surface area contributed by atoms with E-state index in [-0.39, 0.29) is 24.3 Å². The van der Waals surface area contributed by atoms with E-state index in [9.17, 15) is 9.59 Å². The number of amides is 1. The Bertz CT molecular complexity index is 576. The van der Waals surface area contributed by atoms with Crippen LogP contribution in [0.15, 0.2) is 42.0 Å². The first-order valence-electron chi connectivity index (χ1n) is 8.13. The van der Waals surface area contributed by atoms with Crippen molar-refractivity contribution in [1.82, 2.24) is 4.90 Å². The van der Waals surface area contributed by atoms with E-state index in [0.29, 0.717) is 6.42 Å². The van der Waals surface area contributed by atoms with Crippen molar-refractivity contribution in [2.75, 3.05) is 6.54 Å². The van der Waals surface area contributed by atoms with Crippen LogP contribution in [-0.2, 0) is 20.7 Å². The highest BCUT2D eigenvalue weighted by Gasteiger charge is 2.38. The zero-order valence-corrected chi connectivity index (χ0v) is 14.1. The maximum Gasteiger partial charge on any atom is 0.327 e. The first kappa shape index (κ1) is 17.3. The second-order valence-electron chi connectivity index (χ2n) is 6.40. The number of carbonyl (C=O) groups is 2. The van der Waals surface area contributed by atoms with Gasteiger partial charge in [-0.15, -0.1) is 0 Å². The Hall–Kier alpha value is -2.10. The summed E-state index contributed by atoms with van der Waals surface area (Å²) in [7, 11) is 0. The lowest BCUT2D eigenvalue weighted by Gasteiger charge is -2.26. The Morgan fingerprint density at radius 1 is 1.35 bits per heavy atom. The van der Waals surface area contributed by atoms with Crippen molar-refractivity contribution in [1.29, 1.82) is 0 Å². The largest absolute Gasteiger partial charge is 0.440 e. The minimum Gasteiger partial charge on any atom is -0.440 e. The standard InChI is InChI=1S/C19H25NO3/c1-14(2)8-7-9-15(3)19-20(13-18(22)23-19)17(21)12-16-10-5-4-6-11-16/h4-6,8,10-11,15,19H,7,9,12-13H2,1-3H3. The molecular weight excluding hydrogens is 290 g/mol. The van der Waals surface area contributed by atoms with Gasteiger partial charge >= 0.3 is 5.97 Å². The molecule has 0 saturated carbocycles. The molecule has 1 fully saturated rings. The third-order valence-corrected chi connectivity index (χ3v) is 4.04. The van der Waals surface area contributed by atoms with E-state index in [4.69, 9.17) is 4.74 Å². The molecule has 1 amide bonds. The van der Waals surface area contributed by atoms with Gasteiger partial charge in [0.05, 0.1) is 6.42 Å². The van der Waals surface area contributed by atoms with Gasteiger partial charge in [0.1, 0.15) is 6.54 Å². The van der Waals surface area contributed by atoms with Crippen molar-refractivity contribution in [3.05, 3.63) is 47.5 Å². The number of hydrogen-bond acceptors (Lipinski definition) is 3. The topological polar surface area (TPSA) is 46.6 Å². The number of hydrogen-bond donors (Lipinski definition) is 0. The minimum atomic E-state index is -0.440. The summed E-state index contributed by atoms with van der Waals surface area (Å²) in [6.45, 7) is 6.22. The van der Waals surface area contributed by atoms with E-state index in [1.807, 2.05) is 37.3 Å². The Labute approximate surface area is 138 Å². The summed E-state index contributed by atoms with van der Waals surface area (Å²) >= 11 is 0. The number of ether oxygens (including phenoxy) is 1. The summed E-state index contributed by atoms with van der Waals surface area (Å²) in [5, 5.41) is 0. The maximum atomic E-state index is 12.5. The molecule has 4 nitrogen and oxygen atoms in total. The molecule has 1 saturated heterocycles. The van der Waals surface area contributed by atoms with Gasteiger partial charge in [-0.05, 0) is 32.3 Å². The van der Waals surface area contributed by atoms with Gasteiger partial charge in [-0.25, -0.2) is 0 Å². The van der Waals surface area contributed by atoms with Crippen LogP contribution in [0.5, 0.6) is 0 Å². The fraction of sp³-hybridized carbons (Fsp3) is 0.474. The summed E-state index contributed by atoms with van der Waals surface area (Å²) in [4.78, 5) is 25.8. The van der Waals surface area contributed by atoms with Crippen molar-refractivity contribution in [3.63, 3.8) is 0 Å². The fourth-order valence-corrected chi connectivity index (χ4v) is 2.77. The van der Waals surface area contributed by atoms with Crippen molar-refractivity contribution >= 4 is 11.9 Å². The molecule has 0 radical (unpaired) electrons. The molecule has 1 aliphatic heterocycles. The molecule has 0 bridgehead atoms. The van der Waals surface area contributed by atoms with Crippen LogP contribution in [-0.4, -0.2) is 29.5 Å². The van der Waals surface area contributed by atoms with Crippen LogP contribution in [0.1, 0.15) is 39.2 Å². The van der Waals surface area contributed by atoms with Gasteiger partial charge in [-0.2, -0.15) is 0 Å². The number of nitrogens with zero attached hydrogens (tertiary/aromatic N) is 1. The highest BCUT2D eigenvalue weighted by Crippen LogP contribution is 2.24. The van der Waals surface area contributed by atoms with Crippen LogP contribution in [0.4, 0.5) is 0 Å². The molecule has 0 N–H and O–H groups in total. The Morgan fingerprint density at radius 3 is 2.70 bits per heavy atom. The molecule has 1 aromatic rings. The van der Waals surface area contributed by atoms with Crippen LogP contribution >= 0.6 is 0 Å². The van der Waals surface area contributed by atoms with Crippen LogP contribution in [0.25, 0.3) is 0 Å². The molecule has 4 heteroatoms. The number of esters is 1. The highest BCUT2D eigenvalue weighted by molar-refractivity contribution is 5.86. The molecule has 124 valence electrons. The molecule has 0 spiro atoms. The zero-order chi connectivity index (χ0) is 16.8. The minimum absolute atomic E-state index is 0.0545. The van der Waals surface area contributed by atoms with Crippen LogP contribution in [0, 0.1) is 5.92 Å². The number of benzene rings is 1.